The third kappa shape index (κ3) is 7.53. The van der Waals surface area contributed by atoms with E-state index in [-0.39, 0.29) is 11.9 Å². The summed E-state index contributed by atoms with van der Waals surface area (Å²) in [5.41, 5.74) is 0.933. The van der Waals surface area contributed by atoms with Crippen molar-refractivity contribution >= 4 is 0 Å². The van der Waals surface area contributed by atoms with E-state index in [2.05, 4.69) is 43.0 Å². The van der Waals surface area contributed by atoms with E-state index >= 15 is 0 Å². The molecule has 120 valence electrons. The fourth-order valence-corrected chi connectivity index (χ4v) is 2.21. The molecule has 4 heteroatoms. The van der Waals surface area contributed by atoms with Gasteiger partial charge in [0, 0.05) is 0 Å². The van der Waals surface area contributed by atoms with Crippen molar-refractivity contribution in [3.8, 4) is 0 Å². The lowest BCUT2D eigenvalue weighted by Gasteiger charge is -2.23. The molecular weight excluding hydrogens is 265 g/mol. The monoisotopic (exact) mass is 295 g/mol. The normalized spacial score (nSPS) is 13.1. The van der Waals surface area contributed by atoms with Crippen molar-refractivity contribution in [1.29, 1.82) is 0 Å². The summed E-state index contributed by atoms with van der Waals surface area (Å²) in [5.74, 6) is 0.460. The van der Waals surface area contributed by atoms with Gasteiger partial charge in [0.1, 0.15) is 5.82 Å². The summed E-state index contributed by atoms with van der Waals surface area (Å²) >= 11 is 0. The first-order valence-electron chi connectivity index (χ1n) is 8.06. The highest BCUT2D eigenvalue weighted by Gasteiger charge is 2.13. The molecule has 0 saturated heterocycles. The summed E-state index contributed by atoms with van der Waals surface area (Å²) in [6.07, 6.45) is 4.60. The largest absolute Gasteiger partial charge is 0.309 e. The first-order chi connectivity index (χ1) is 10.0. The number of halogens is 1. The fraction of sp³-hybridized carbons (Fsp3) is 0.706. The van der Waals surface area contributed by atoms with Crippen LogP contribution in [-0.2, 0) is 0 Å². The minimum Gasteiger partial charge on any atom is -0.309 e. The van der Waals surface area contributed by atoms with Gasteiger partial charge in [0.15, 0.2) is 0 Å². The summed E-state index contributed by atoms with van der Waals surface area (Å²) in [6.45, 7) is 9.75. The van der Waals surface area contributed by atoms with Gasteiger partial charge >= 0.3 is 0 Å². The Morgan fingerprint density at radius 1 is 1.24 bits per heavy atom. The molecule has 0 radical (unpaired) electrons. The van der Waals surface area contributed by atoms with Gasteiger partial charge in [-0.3, -0.25) is 4.98 Å². The highest BCUT2D eigenvalue weighted by Crippen LogP contribution is 2.15. The second-order valence-electron chi connectivity index (χ2n) is 6.18. The van der Waals surface area contributed by atoms with E-state index in [9.17, 15) is 4.39 Å². The first-order valence-corrected chi connectivity index (χ1v) is 8.06. The summed E-state index contributed by atoms with van der Waals surface area (Å²) in [6, 6.07) is 3.48. The Morgan fingerprint density at radius 2 is 1.95 bits per heavy atom. The van der Waals surface area contributed by atoms with Crippen LogP contribution in [-0.4, -0.2) is 36.6 Å². The van der Waals surface area contributed by atoms with Crippen LogP contribution in [0.4, 0.5) is 4.39 Å². The van der Waals surface area contributed by atoms with Crippen molar-refractivity contribution in [1.82, 2.24) is 15.2 Å². The average molecular weight is 295 g/mol. The third-order valence-corrected chi connectivity index (χ3v) is 3.64. The summed E-state index contributed by atoms with van der Waals surface area (Å²) < 4.78 is 13.0. The fourth-order valence-electron chi connectivity index (χ4n) is 2.21. The topological polar surface area (TPSA) is 28.2 Å². The number of rotatable bonds is 10. The zero-order valence-electron chi connectivity index (χ0n) is 13.9. The predicted molar refractivity (Wildman–Crippen MR) is 86.8 cm³/mol. The van der Waals surface area contributed by atoms with Gasteiger partial charge in [-0.2, -0.15) is 0 Å². The van der Waals surface area contributed by atoms with Gasteiger partial charge < -0.3 is 10.2 Å². The van der Waals surface area contributed by atoms with Crippen LogP contribution in [0.1, 0.15) is 51.8 Å². The highest BCUT2D eigenvalue weighted by molar-refractivity contribution is 5.10. The number of nitrogens with zero attached hydrogens (tertiary/aromatic N) is 2. The molecule has 1 N–H and O–H groups in total. The lowest BCUT2D eigenvalue weighted by molar-refractivity contribution is 0.288. The van der Waals surface area contributed by atoms with Gasteiger partial charge in [0.05, 0.1) is 17.9 Å². The molecule has 0 aliphatic heterocycles. The number of hydrogen-bond acceptors (Lipinski definition) is 3. The van der Waals surface area contributed by atoms with Crippen LogP contribution in [0.25, 0.3) is 0 Å². The number of nitrogens with one attached hydrogen (secondary N) is 1. The van der Waals surface area contributed by atoms with Gasteiger partial charge in [-0.05, 0) is 64.0 Å². The number of aromatic nitrogens is 1. The Morgan fingerprint density at radius 3 is 2.52 bits per heavy atom. The second-order valence-corrected chi connectivity index (χ2v) is 6.18. The first kappa shape index (κ1) is 18.1. The maximum absolute atomic E-state index is 13.0. The SMILES string of the molecule is CCCNC(CCN(C)CCC(C)C)c1ccc(F)cn1. The number of pyridine rings is 1. The maximum atomic E-state index is 13.0. The van der Waals surface area contributed by atoms with Crippen LogP contribution in [0, 0.1) is 11.7 Å². The molecule has 21 heavy (non-hydrogen) atoms. The van der Waals surface area contributed by atoms with E-state index in [4.69, 9.17) is 0 Å². The standard InChI is InChI=1S/C17H30FN3/c1-5-10-19-17(16-7-6-15(18)13-20-16)9-12-21(4)11-8-14(2)3/h6-7,13-14,17,19H,5,8-12H2,1-4H3. The predicted octanol–water partition coefficient (Wildman–Crippen LogP) is 3.63. The van der Waals surface area contributed by atoms with Gasteiger partial charge in [-0.1, -0.05) is 20.8 Å². The second kappa shape index (κ2) is 9.85. The molecule has 1 heterocycles. The molecular formula is C17H30FN3. The van der Waals surface area contributed by atoms with E-state index in [0.29, 0.717) is 0 Å². The third-order valence-electron chi connectivity index (χ3n) is 3.64. The van der Waals surface area contributed by atoms with Crippen molar-refractivity contribution in [2.75, 3.05) is 26.7 Å². The van der Waals surface area contributed by atoms with Crippen LogP contribution in [0.5, 0.6) is 0 Å². The van der Waals surface area contributed by atoms with E-state index in [1.54, 1.807) is 6.07 Å². The summed E-state index contributed by atoms with van der Waals surface area (Å²) in [5, 5.41) is 3.51. The smallest absolute Gasteiger partial charge is 0.141 e. The molecule has 1 aromatic rings. The molecule has 0 spiro atoms. The highest BCUT2D eigenvalue weighted by atomic mass is 19.1. The Bertz CT molecular complexity index is 378. The van der Waals surface area contributed by atoms with Crippen LogP contribution in [0.2, 0.25) is 0 Å². The van der Waals surface area contributed by atoms with Gasteiger partial charge in [-0.25, -0.2) is 4.39 Å². The molecule has 1 rings (SSSR count). The molecule has 0 aliphatic rings. The maximum Gasteiger partial charge on any atom is 0.141 e. The molecule has 1 atom stereocenters. The van der Waals surface area contributed by atoms with Gasteiger partial charge in [-0.15, -0.1) is 0 Å². The van der Waals surface area contributed by atoms with Crippen LogP contribution in [0.3, 0.4) is 0 Å². The summed E-state index contributed by atoms with van der Waals surface area (Å²) in [7, 11) is 2.16. The molecule has 1 unspecified atom stereocenters. The molecule has 1 aromatic heterocycles. The zero-order valence-corrected chi connectivity index (χ0v) is 13.9. The van der Waals surface area contributed by atoms with E-state index < -0.39 is 0 Å². The molecule has 0 amide bonds. The lowest BCUT2D eigenvalue weighted by atomic mass is 10.1. The average Bonchev–Trinajstić information content (AvgIpc) is 2.46. The molecule has 0 aromatic carbocycles. The van der Waals surface area contributed by atoms with Crippen LogP contribution >= 0.6 is 0 Å². The molecule has 0 bridgehead atoms. The zero-order chi connectivity index (χ0) is 15.7. The van der Waals surface area contributed by atoms with Gasteiger partial charge in [0.25, 0.3) is 0 Å². The van der Waals surface area contributed by atoms with E-state index in [1.165, 1.54) is 18.7 Å². The Labute approximate surface area is 129 Å². The summed E-state index contributed by atoms with van der Waals surface area (Å²) in [4.78, 5) is 6.59. The minimum atomic E-state index is -0.276. The molecule has 0 saturated carbocycles. The quantitative estimate of drug-likeness (QED) is 0.714. The minimum absolute atomic E-state index is 0.201. The molecule has 3 nitrogen and oxygen atoms in total. The molecule has 0 aliphatic carbocycles. The Kier molecular flexibility index (Phi) is 8.47. The van der Waals surface area contributed by atoms with Crippen molar-refractivity contribution in [3.05, 3.63) is 29.8 Å². The lowest BCUT2D eigenvalue weighted by Crippen LogP contribution is -2.29. The molecule has 0 fully saturated rings. The van der Waals surface area contributed by atoms with Gasteiger partial charge in [0.2, 0.25) is 0 Å². The van der Waals surface area contributed by atoms with Crippen molar-refractivity contribution in [2.24, 2.45) is 5.92 Å². The van der Waals surface area contributed by atoms with E-state index in [1.807, 2.05) is 0 Å². The Balaban J connectivity index is 2.51. The Hall–Kier alpha value is -1.00. The van der Waals surface area contributed by atoms with E-state index in [0.717, 1.165) is 44.1 Å². The number of hydrogen-bond donors (Lipinski definition) is 1. The van der Waals surface area contributed by atoms with Crippen molar-refractivity contribution in [3.63, 3.8) is 0 Å². The van der Waals surface area contributed by atoms with Crippen LogP contribution in [0.15, 0.2) is 18.3 Å². The van der Waals surface area contributed by atoms with Crippen molar-refractivity contribution < 1.29 is 4.39 Å². The van der Waals surface area contributed by atoms with Crippen molar-refractivity contribution in [2.45, 2.75) is 46.1 Å². The van der Waals surface area contributed by atoms with Crippen LogP contribution < -0.4 is 5.32 Å².